The van der Waals surface area contributed by atoms with Gasteiger partial charge < -0.3 is 20.1 Å². The molecule has 164 valence electrons. The van der Waals surface area contributed by atoms with Crippen LogP contribution in [0.3, 0.4) is 0 Å². The summed E-state index contributed by atoms with van der Waals surface area (Å²) in [6, 6.07) is 9.57. The Hall–Kier alpha value is -2.88. The Morgan fingerprint density at radius 2 is 1.87 bits per heavy atom. The lowest BCUT2D eigenvalue weighted by Crippen LogP contribution is -2.22. The number of pyridine rings is 1. The largest absolute Gasteiger partial charge is 0.417 e. The number of carbonyl (C=O) groups excluding carboxylic acids is 1. The molecule has 0 bridgehead atoms. The van der Waals surface area contributed by atoms with E-state index in [9.17, 15) is 22.8 Å². The molecular weight excluding hydrogens is 437 g/mol. The monoisotopic (exact) mass is 454 g/mol. The van der Waals surface area contributed by atoms with Crippen LogP contribution in [0.25, 0.3) is 10.8 Å². The molecule has 2 aromatic carbocycles. The molecule has 0 atom stereocenters. The fourth-order valence-electron chi connectivity index (χ4n) is 3.14. The molecule has 0 spiro atoms. The molecule has 10 heteroatoms. The number of carbonyl (C=O) groups is 1. The molecule has 1 aromatic heterocycles. The molecule has 31 heavy (non-hydrogen) atoms. The molecule has 0 aliphatic rings. The third-order valence-electron chi connectivity index (χ3n) is 4.62. The van der Waals surface area contributed by atoms with Gasteiger partial charge in [0.15, 0.2) is 6.29 Å². The van der Waals surface area contributed by atoms with Gasteiger partial charge in [-0.1, -0.05) is 23.7 Å². The first kappa shape index (κ1) is 22.8. The molecule has 1 heterocycles. The molecule has 1 amide bonds. The zero-order valence-electron chi connectivity index (χ0n) is 16.0. The van der Waals surface area contributed by atoms with Crippen LogP contribution in [0.4, 0.5) is 18.9 Å². The van der Waals surface area contributed by atoms with Gasteiger partial charge in [0.05, 0.1) is 17.0 Å². The fraction of sp³-hybridized carbons (Fsp3) is 0.238. The van der Waals surface area contributed by atoms with Gasteiger partial charge in [0.25, 0.3) is 5.56 Å². The van der Waals surface area contributed by atoms with Crippen molar-refractivity contribution in [2.24, 2.45) is 0 Å². The highest BCUT2D eigenvalue weighted by Crippen LogP contribution is 2.35. The van der Waals surface area contributed by atoms with E-state index in [-0.39, 0.29) is 30.5 Å². The Morgan fingerprint density at radius 3 is 2.55 bits per heavy atom. The molecule has 0 aliphatic carbocycles. The zero-order chi connectivity index (χ0) is 22.8. The van der Waals surface area contributed by atoms with Gasteiger partial charge in [-0.2, -0.15) is 13.2 Å². The lowest BCUT2D eigenvalue weighted by molar-refractivity contribution is -0.137. The van der Waals surface area contributed by atoms with Crippen LogP contribution in [-0.4, -0.2) is 27.0 Å². The highest BCUT2D eigenvalue weighted by Gasteiger charge is 2.33. The molecule has 0 radical (unpaired) electrons. The van der Waals surface area contributed by atoms with Gasteiger partial charge >= 0.3 is 6.18 Å². The maximum atomic E-state index is 13.0. The summed E-state index contributed by atoms with van der Waals surface area (Å²) in [6.07, 6.45) is -5.05. The third kappa shape index (κ3) is 5.43. The van der Waals surface area contributed by atoms with E-state index >= 15 is 0 Å². The summed E-state index contributed by atoms with van der Waals surface area (Å²) in [6.45, 7) is 0.0983. The summed E-state index contributed by atoms with van der Waals surface area (Å²) in [5.41, 5.74) is -0.918. The minimum absolute atomic E-state index is 0.0250. The minimum Gasteiger partial charge on any atom is -0.368 e. The highest BCUT2D eigenvalue weighted by atomic mass is 35.5. The summed E-state index contributed by atoms with van der Waals surface area (Å²) in [7, 11) is 0. The predicted molar refractivity (Wildman–Crippen MR) is 110 cm³/mol. The summed E-state index contributed by atoms with van der Waals surface area (Å²) in [5, 5.41) is 20.9. The summed E-state index contributed by atoms with van der Waals surface area (Å²) in [4.78, 5) is 25.0. The van der Waals surface area contributed by atoms with Crippen molar-refractivity contribution in [2.75, 3.05) is 5.32 Å². The van der Waals surface area contributed by atoms with Crippen LogP contribution in [0.2, 0.25) is 5.02 Å². The van der Waals surface area contributed by atoms with E-state index in [2.05, 4.69) is 5.32 Å². The van der Waals surface area contributed by atoms with Crippen LogP contribution < -0.4 is 10.9 Å². The summed E-state index contributed by atoms with van der Waals surface area (Å²) in [5.74, 6) is -0.560. The maximum Gasteiger partial charge on any atom is 0.417 e. The van der Waals surface area contributed by atoms with E-state index < -0.39 is 29.0 Å². The van der Waals surface area contributed by atoms with Gasteiger partial charge in [0.2, 0.25) is 5.91 Å². The SMILES string of the molecule is O=C(Cc1ccc(Cl)c(C(F)(F)F)c1)Nc1cccc2c(=O)n(CCC(O)O)ccc12. The first-order valence-electron chi connectivity index (χ1n) is 9.20. The van der Waals surface area contributed by atoms with Crippen LogP contribution in [0.1, 0.15) is 17.5 Å². The van der Waals surface area contributed by atoms with Crippen molar-refractivity contribution >= 4 is 34.0 Å². The summed E-state index contributed by atoms with van der Waals surface area (Å²) < 4.78 is 40.4. The van der Waals surface area contributed by atoms with Crippen LogP contribution in [-0.2, 0) is 23.9 Å². The molecule has 0 saturated heterocycles. The average Bonchev–Trinajstić information content (AvgIpc) is 2.68. The van der Waals surface area contributed by atoms with E-state index in [1.54, 1.807) is 24.3 Å². The van der Waals surface area contributed by atoms with E-state index in [1.165, 1.54) is 16.8 Å². The van der Waals surface area contributed by atoms with Crippen molar-refractivity contribution in [3.8, 4) is 0 Å². The number of aryl methyl sites for hydroxylation is 1. The van der Waals surface area contributed by atoms with Gasteiger partial charge in [-0.25, -0.2) is 0 Å². The number of benzene rings is 2. The highest BCUT2D eigenvalue weighted by molar-refractivity contribution is 6.31. The van der Waals surface area contributed by atoms with E-state index in [0.29, 0.717) is 16.5 Å². The third-order valence-corrected chi connectivity index (χ3v) is 4.95. The quantitative estimate of drug-likeness (QED) is 0.497. The van der Waals surface area contributed by atoms with E-state index in [4.69, 9.17) is 21.8 Å². The number of hydrogen-bond donors (Lipinski definition) is 3. The van der Waals surface area contributed by atoms with Crippen LogP contribution >= 0.6 is 11.6 Å². The molecule has 0 aliphatic heterocycles. The lowest BCUT2D eigenvalue weighted by Gasteiger charge is -2.13. The van der Waals surface area contributed by atoms with Crippen molar-refractivity contribution in [2.45, 2.75) is 31.9 Å². The second-order valence-corrected chi connectivity index (χ2v) is 7.29. The van der Waals surface area contributed by atoms with E-state index in [0.717, 1.165) is 12.1 Å². The molecular formula is C21H18ClF3N2O4. The maximum absolute atomic E-state index is 13.0. The number of hydrogen-bond acceptors (Lipinski definition) is 4. The Kier molecular flexibility index (Phi) is 6.68. The van der Waals surface area contributed by atoms with Gasteiger partial charge in [-0.15, -0.1) is 0 Å². The number of halogens is 4. The standard InChI is InChI=1S/C21H18ClF3N2O4/c22-16-5-4-12(10-15(16)21(23,24)25)11-18(28)26-17-3-1-2-14-13(17)6-8-27(20(14)31)9-7-19(29)30/h1-6,8,10,19,29-30H,7,9,11H2,(H,26,28). The average molecular weight is 455 g/mol. The van der Waals surface area contributed by atoms with Crippen molar-refractivity contribution in [3.63, 3.8) is 0 Å². The molecule has 0 unspecified atom stereocenters. The van der Waals surface area contributed by atoms with Gasteiger partial charge in [-0.05, 0) is 35.9 Å². The van der Waals surface area contributed by atoms with Crippen molar-refractivity contribution in [1.29, 1.82) is 0 Å². The number of alkyl halides is 3. The van der Waals surface area contributed by atoms with Gasteiger partial charge in [-0.3, -0.25) is 9.59 Å². The number of aromatic nitrogens is 1. The second kappa shape index (κ2) is 9.09. The minimum atomic E-state index is -4.63. The number of aliphatic hydroxyl groups is 2. The number of anilines is 1. The fourth-order valence-corrected chi connectivity index (χ4v) is 3.36. The Labute approximate surface area is 179 Å². The van der Waals surface area contributed by atoms with Crippen LogP contribution in [0.15, 0.2) is 53.5 Å². The predicted octanol–water partition coefficient (Wildman–Crippen LogP) is 3.56. The molecule has 3 aromatic rings. The zero-order valence-corrected chi connectivity index (χ0v) is 16.7. The number of fused-ring (bicyclic) bond motifs is 1. The molecule has 6 nitrogen and oxygen atoms in total. The smallest absolute Gasteiger partial charge is 0.368 e. The first-order valence-corrected chi connectivity index (χ1v) is 9.58. The molecule has 3 N–H and O–H groups in total. The van der Waals surface area contributed by atoms with Crippen molar-refractivity contribution in [3.05, 3.63) is 75.2 Å². The van der Waals surface area contributed by atoms with Gasteiger partial charge in [0.1, 0.15) is 0 Å². The van der Waals surface area contributed by atoms with Gasteiger partial charge in [0, 0.05) is 35.6 Å². The lowest BCUT2D eigenvalue weighted by atomic mass is 10.1. The van der Waals surface area contributed by atoms with Crippen LogP contribution in [0.5, 0.6) is 0 Å². The Bertz CT molecular complexity index is 1180. The summed E-state index contributed by atoms with van der Waals surface area (Å²) >= 11 is 5.60. The molecule has 0 saturated carbocycles. The Morgan fingerprint density at radius 1 is 1.13 bits per heavy atom. The number of nitrogens with one attached hydrogen (secondary N) is 1. The number of rotatable bonds is 6. The van der Waals surface area contributed by atoms with Crippen molar-refractivity contribution < 1.29 is 28.2 Å². The van der Waals surface area contributed by atoms with E-state index in [1.807, 2.05) is 0 Å². The Balaban J connectivity index is 1.83. The molecule has 3 rings (SSSR count). The second-order valence-electron chi connectivity index (χ2n) is 6.89. The molecule has 0 fully saturated rings. The van der Waals surface area contributed by atoms with Crippen molar-refractivity contribution in [1.82, 2.24) is 4.57 Å². The first-order chi connectivity index (χ1) is 14.6. The number of nitrogens with zero attached hydrogens (tertiary/aromatic N) is 1. The van der Waals surface area contributed by atoms with Crippen LogP contribution in [0, 0.1) is 0 Å². The number of aliphatic hydroxyl groups excluding tert-OH is 1. The topological polar surface area (TPSA) is 91.6 Å². The normalized spacial score (nSPS) is 11.8. The number of amides is 1.